The van der Waals surface area contributed by atoms with Gasteiger partial charge < -0.3 is 5.32 Å². The number of thioether (sulfide) groups is 1. The summed E-state index contributed by atoms with van der Waals surface area (Å²) in [6, 6.07) is 4.17. The Kier molecular flexibility index (Phi) is 4.40. The van der Waals surface area contributed by atoms with Crippen molar-refractivity contribution >= 4 is 11.8 Å². The molecule has 2 rings (SSSR count). The van der Waals surface area contributed by atoms with Gasteiger partial charge in [-0.2, -0.15) is 11.8 Å². The number of hydrogen-bond donors (Lipinski definition) is 1. The lowest BCUT2D eigenvalue weighted by atomic mass is 10.1. The van der Waals surface area contributed by atoms with Crippen LogP contribution in [0.1, 0.15) is 24.9 Å². The molecule has 0 aliphatic carbocycles. The minimum Gasteiger partial charge on any atom is -0.310 e. The average Bonchev–Trinajstić information content (AvgIpc) is 2.82. The van der Waals surface area contributed by atoms with E-state index in [1.165, 1.54) is 30.1 Å². The average molecular weight is 257 g/mol. The molecule has 1 aromatic carbocycles. The van der Waals surface area contributed by atoms with E-state index in [0.29, 0.717) is 5.92 Å². The van der Waals surface area contributed by atoms with Gasteiger partial charge in [0.05, 0.1) is 0 Å². The number of halogens is 2. The molecule has 17 heavy (non-hydrogen) atoms. The fraction of sp³-hybridized carbons (Fsp3) is 0.538. The lowest BCUT2D eigenvalue weighted by Crippen LogP contribution is -2.25. The Balaban J connectivity index is 1.89. The van der Waals surface area contributed by atoms with Crippen LogP contribution in [0.5, 0.6) is 0 Å². The molecule has 2 unspecified atom stereocenters. The van der Waals surface area contributed by atoms with E-state index < -0.39 is 11.6 Å². The minimum atomic E-state index is -0.784. The van der Waals surface area contributed by atoms with E-state index in [9.17, 15) is 8.78 Å². The highest BCUT2D eigenvalue weighted by Crippen LogP contribution is 2.23. The summed E-state index contributed by atoms with van der Waals surface area (Å²) in [4.78, 5) is 0. The van der Waals surface area contributed by atoms with Crippen molar-refractivity contribution in [2.45, 2.75) is 19.4 Å². The van der Waals surface area contributed by atoms with Crippen LogP contribution in [0.2, 0.25) is 0 Å². The lowest BCUT2D eigenvalue weighted by molar-refractivity contribution is 0.470. The van der Waals surface area contributed by atoms with E-state index in [1.807, 2.05) is 18.7 Å². The fourth-order valence-electron chi connectivity index (χ4n) is 1.99. The first-order chi connectivity index (χ1) is 8.16. The second kappa shape index (κ2) is 5.83. The molecule has 0 bridgehead atoms. The van der Waals surface area contributed by atoms with Gasteiger partial charge in [-0.25, -0.2) is 8.78 Å². The van der Waals surface area contributed by atoms with Crippen molar-refractivity contribution in [1.82, 2.24) is 5.32 Å². The lowest BCUT2D eigenvalue weighted by Gasteiger charge is -2.17. The molecule has 0 saturated carbocycles. The van der Waals surface area contributed by atoms with Crippen LogP contribution in [0.4, 0.5) is 8.78 Å². The summed E-state index contributed by atoms with van der Waals surface area (Å²) >= 11 is 1.98. The Hall–Kier alpha value is -0.610. The van der Waals surface area contributed by atoms with Gasteiger partial charge in [0.2, 0.25) is 0 Å². The summed E-state index contributed by atoms with van der Waals surface area (Å²) in [6.07, 6.45) is 1.25. The Morgan fingerprint density at radius 2 is 2.24 bits per heavy atom. The highest BCUT2D eigenvalue weighted by molar-refractivity contribution is 7.99. The van der Waals surface area contributed by atoms with Crippen molar-refractivity contribution in [3.05, 3.63) is 35.4 Å². The molecule has 1 N–H and O–H groups in total. The Morgan fingerprint density at radius 1 is 1.41 bits per heavy atom. The summed E-state index contributed by atoms with van der Waals surface area (Å²) in [6.45, 7) is 2.93. The third-order valence-corrected chi connectivity index (χ3v) is 4.41. The molecule has 0 radical (unpaired) electrons. The maximum atomic E-state index is 13.1. The van der Waals surface area contributed by atoms with Gasteiger partial charge in [-0.1, -0.05) is 6.07 Å². The quantitative estimate of drug-likeness (QED) is 0.887. The molecule has 0 amide bonds. The Bertz CT molecular complexity index is 378. The zero-order valence-corrected chi connectivity index (χ0v) is 10.7. The summed E-state index contributed by atoms with van der Waals surface area (Å²) in [5.41, 5.74) is 0.801. The molecule has 2 atom stereocenters. The first-order valence-corrected chi connectivity index (χ1v) is 7.08. The second-order valence-corrected chi connectivity index (χ2v) is 5.68. The van der Waals surface area contributed by atoms with Crippen molar-refractivity contribution < 1.29 is 8.78 Å². The van der Waals surface area contributed by atoms with Gasteiger partial charge in [0, 0.05) is 6.04 Å². The maximum absolute atomic E-state index is 13.1. The molecule has 1 nitrogen and oxygen atoms in total. The molecule has 0 aromatic heterocycles. The third kappa shape index (κ3) is 3.42. The van der Waals surface area contributed by atoms with E-state index >= 15 is 0 Å². The van der Waals surface area contributed by atoms with Crippen LogP contribution >= 0.6 is 11.8 Å². The summed E-state index contributed by atoms with van der Waals surface area (Å²) in [7, 11) is 0. The standard InChI is InChI=1S/C13H17F2NS/c1-9(16-7-10-4-5-17-8-10)11-2-3-12(14)13(15)6-11/h2-3,6,9-10,16H,4-5,7-8H2,1H3. The predicted molar refractivity (Wildman–Crippen MR) is 68.2 cm³/mol. The summed E-state index contributed by atoms with van der Waals surface area (Å²) < 4.78 is 25.9. The molecule has 1 fully saturated rings. The van der Waals surface area contributed by atoms with Gasteiger partial charge in [-0.3, -0.25) is 0 Å². The highest BCUT2D eigenvalue weighted by atomic mass is 32.2. The molecule has 1 saturated heterocycles. The topological polar surface area (TPSA) is 12.0 Å². The molecular formula is C13H17F2NS. The van der Waals surface area contributed by atoms with Crippen LogP contribution in [0.3, 0.4) is 0 Å². The molecule has 4 heteroatoms. The van der Waals surface area contributed by atoms with E-state index in [1.54, 1.807) is 6.07 Å². The molecule has 1 heterocycles. The van der Waals surface area contributed by atoms with Gasteiger partial charge in [-0.15, -0.1) is 0 Å². The third-order valence-electron chi connectivity index (χ3n) is 3.18. The van der Waals surface area contributed by atoms with E-state index in [2.05, 4.69) is 5.32 Å². The van der Waals surface area contributed by atoms with Crippen LogP contribution in [0.25, 0.3) is 0 Å². The maximum Gasteiger partial charge on any atom is 0.159 e. The monoisotopic (exact) mass is 257 g/mol. The van der Waals surface area contributed by atoms with Crippen LogP contribution in [-0.2, 0) is 0 Å². The van der Waals surface area contributed by atoms with Crippen LogP contribution in [0, 0.1) is 17.6 Å². The van der Waals surface area contributed by atoms with Gasteiger partial charge in [0.15, 0.2) is 11.6 Å². The Labute approximate surface area is 105 Å². The van der Waals surface area contributed by atoms with Crippen molar-refractivity contribution in [2.75, 3.05) is 18.1 Å². The van der Waals surface area contributed by atoms with Gasteiger partial charge in [0.1, 0.15) is 0 Å². The van der Waals surface area contributed by atoms with E-state index in [-0.39, 0.29) is 6.04 Å². The second-order valence-electron chi connectivity index (χ2n) is 4.53. The molecular weight excluding hydrogens is 240 g/mol. The number of hydrogen-bond acceptors (Lipinski definition) is 2. The van der Waals surface area contributed by atoms with Gasteiger partial charge >= 0.3 is 0 Å². The first-order valence-electron chi connectivity index (χ1n) is 5.93. The molecule has 1 aliphatic heterocycles. The largest absolute Gasteiger partial charge is 0.310 e. The van der Waals surface area contributed by atoms with Crippen molar-refractivity contribution in [3.8, 4) is 0 Å². The number of nitrogens with one attached hydrogen (secondary N) is 1. The summed E-state index contributed by atoms with van der Waals surface area (Å²) in [5.74, 6) is 1.61. The smallest absolute Gasteiger partial charge is 0.159 e. The summed E-state index contributed by atoms with van der Waals surface area (Å²) in [5, 5.41) is 3.39. The number of benzene rings is 1. The van der Waals surface area contributed by atoms with Crippen molar-refractivity contribution in [1.29, 1.82) is 0 Å². The SMILES string of the molecule is CC(NCC1CCSC1)c1ccc(F)c(F)c1. The van der Waals surface area contributed by atoms with E-state index in [4.69, 9.17) is 0 Å². The Morgan fingerprint density at radius 3 is 2.88 bits per heavy atom. The molecule has 1 aromatic rings. The van der Waals surface area contributed by atoms with E-state index in [0.717, 1.165) is 12.1 Å². The zero-order chi connectivity index (χ0) is 12.3. The van der Waals surface area contributed by atoms with Crippen molar-refractivity contribution in [2.24, 2.45) is 5.92 Å². The van der Waals surface area contributed by atoms with Crippen LogP contribution < -0.4 is 5.32 Å². The molecule has 94 valence electrons. The highest BCUT2D eigenvalue weighted by Gasteiger charge is 2.16. The zero-order valence-electron chi connectivity index (χ0n) is 9.88. The molecule has 1 aliphatic rings. The van der Waals surface area contributed by atoms with Crippen LogP contribution in [-0.4, -0.2) is 18.1 Å². The fourth-order valence-corrected chi connectivity index (χ4v) is 3.27. The molecule has 0 spiro atoms. The minimum absolute atomic E-state index is 0.0655. The van der Waals surface area contributed by atoms with Crippen molar-refractivity contribution in [3.63, 3.8) is 0 Å². The normalized spacial score (nSPS) is 21.7. The predicted octanol–water partition coefficient (Wildman–Crippen LogP) is 3.37. The number of rotatable bonds is 4. The van der Waals surface area contributed by atoms with Gasteiger partial charge in [-0.05, 0) is 55.0 Å². The first kappa shape index (κ1) is 12.8. The van der Waals surface area contributed by atoms with Gasteiger partial charge in [0.25, 0.3) is 0 Å². The van der Waals surface area contributed by atoms with Crippen LogP contribution in [0.15, 0.2) is 18.2 Å².